The summed E-state index contributed by atoms with van der Waals surface area (Å²) >= 11 is 0. The molecule has 2 atom stereocenters. The lowest BCUT2D eigenvalue weighted by Crippen LogP contribution is -2.20. The number of nitrogens with one attached hydrogen (secondary N) is 2. The van der Waals surface area contributed by atoms with Gasteiger partial charge in [-0.3, -0.25) is 14.9 Å². The molecule has 0 aromatic heterocycles. The molecule has 2 N–H and O–H groups in total. The number of nitro benzene ring substituents is 1. The summed E-state index contributed by atoms with van der Waals surface area (Å²) in [4.78, 5) is 22.3. The van der Waals surface area contributed by atoms with Crippen molar-refractivity contribution in [1.29, 1.82) is 0 Å². The van der Waals surface area contributed by atoms with Gasteiger partial charge in [0.2, 0.25) is 0 Å². The van der Waals surface area contributed by atoms with Crippen molar-refractivity contribution in [2.75, 3.05) is 19.5 Å². The minimum atomic E-state index is -0.446. The average Bonchev–Trinajstić information content (AvgIpc) is 2.93. The third kappa shape index (κ3) is 3.49. The normalized spacial score (nSPS) is 21.0. The number of carbonyl (C=O) groups excluding carboxylic acids is 1. The molecular formula is C14H19N3O4. The molecule has 114 valence electrons. The van der Waals surface area contributed by atoms with Crippen LogP contribution >= 0.6 is 0 Å². The number of rotatable bonds is 5. The fourth-order valence-electron chi connectivity index (χ4n) is 2.60. The van der Waals surface area contributed by atoms with Crippen molar-refractivity contribution in [1.82, 2.24) is 5.32 Å². The standard InChI is InChI=1S/C14H19N3O4/c1-15-14(18)9-3-6-13(17(19)20)12(7-9)16-10-4-5-11(8-10)21-2/h3,6-7,10-11,16H,4-5,8H2,1-2H3,(H,15,18). The smallest absolute Gasteiger partial charge is 0.292 e. The monoisotopic (exact) mass is 293 g/mol. The number of amides is 1. The number of nitro groups is 1. The molecule has 0 spiro atoms. The number of nitrogens with zero attached hydrogens (tertiary/aromatic N) is 1. The lowest BCUT2D eigenvalue weighted by atomic mass is 10.1. The summed E-state index contributed by atoms with van der Waals surface area (Å²) in [5.74, 6) is -0.269. The fraction of sp³-hybridized carbons (Fsp3) is 0.500. The van der Waals surface area contributed by atoms with Gasteiger partial charge in [-0.1, -0.05) is 0 Å². The molecule has 1 saturated carbocycles. The quantitative estimate of drug-likeness (QED) is 0.639. The Bertz CT molecular complexity index is 547. The van der Waals surface area contributed by atoms with E-state index in [-0.39, 0.29) is 23.7 Å². The van der Waals surface area contributed by atoms with Gasteiger partial charge in [-0.15, -0.1) is 0 Å². The fourth-order valence-corrected chi connectivity index (χ4v) is 2.60. The van der Waals surface area contributed by atoms with Gasteiger partial charge in [0.05, 0.1) is 11.0 Å². The van der Waals surface area contributed by atoms with Crippen LogP contribution in [-0.2, 0) is 4.74 Å². The summed E-state index contributed by atoms with van der Waals surface area (Å²) in [5, 5.41) is 16.8. The molecular weight excluding hydrogens is 274 g/mol. The second-order valence-electron chi connectivity index (χ2n) is 5.08. The number of hydrogen-bond acceptors (Lipinski definition) is 5. The van der Waals surface area contributed by atoms with Crippen molar-refractivity contribution in [3.63, 3.8) is 0 Å². The number of benzene rings is 1. The molecule has 7 heteroatoms. The van der Waals surface area contributed by atoms with Gasteiger partial charge >= 0.3 is 0 Å². The largest absolute Gasteiger partial charge is 0.381 e. The average molecular weight is 293 g/mol. The molecule has 0 radical (unpaired) electrons. The minimum absolute atomic E-state index is 0.0245. The highest BCUT2D eigenvalue weighted by atomic mass is 16.6. The van der Waals surface area contributed by atoms with E-state index in [2.05, 4.69) is 10.6 Å². The molecule has 0 heterocycles. The van der Waals surface area contributed by atoms with Crippen LogP contribution in [0.15, 0.2) is 18.2 Å². The maximum atomic E-state index is 11.7. The van der Waals surface area contributed by atoms with E-state index in [9.17, 15) is 14.9 Å². The van der Waals surface area contributed by atoms with Crippen LogP contribution in [0, 0.1) is 10.1 Å². The van der Waals surface area contributed by atoms with Crippen LogP contribution in [-0.4, -0.2) is 37.1 Å². The van der Waals surface area contributed by atoms with Gasteiger partial charge in [0.1, 0.15) is 5.69 Å². The molecule has 1 aromatic carbocycles. The van der Waals surface area contributed by atoms with Crippen molar-refractivity contribution < 1.29 is 14.5 Å². The first-order valence-corrected chi connectivity index (χ1v) is 6.85. The van der Waals surface area contributed by atoms with Crippen LogP contribution in [0.25, 0.3) is 0 Å². The van der Waals surface area contributed by atoms with Gasteiger partial charge in [0.15, 0.2) is 0 Å². The Morgan fingerprint density at radius 1 is 1.43 bits per heavy atom. The molecule has 1 aliphatic rings. The molecule has 0 bridgehead atoms. The maximum Gasteiger partial charge on any atom is 0.292 e. The van der Waals surface area contributed by atoms with Gasteiger partial charge in [0.25, 0.3) is 11.6 Å². The highest BCUT2D eigenvalue weighted by Crippen LogP contribution is 2.30. The summed E-state index contributed by atoms with van der Waals surface area (Å²) in [6.45, 7) is 0. The van der Waals surface area contributed by atoms with Crippen molar-refractivity contribution >= 4 is 17.3 Å². The van der Waals surface area contributed by atoms with Crippen molar-refractivity contribution in [2.24, 2.45) is 0 Å². The summed E-state index contributed by atoms with van der Waals surface area (Å²) < 4.78 is 5.30. The lowest BCUT2D eigenvalue weighted by Gasteiger charge is -2.15. The van der Waals surface area contributed by atoms with E-state index in [1.807, 2.05) is 0 Å². The summed E-state index contributed by atoms with van der Waals surface area (Å²) in [7, 11) is 3.19. The van der Waals surface area contributed by atoms with Crippen LogP contribution in [0.1, 0.15) is 29.6 Å². The first-order chi connectivity index (χ1) is 10.0. The van der Waals surface area contributed by atoms with Crippen LogP contribution in [0.4, 0.5) is 11.4 Å². The van der Waals surface area contributed by atoms with Crippen LogP contribution in [0.2, 0.25) is 0 Å². The predicted molar refractivity (Wildman–Crippen MR) is 78.5 cm³/mol. The highest BCUT2D eigenvalue weighted by molar-refractivity contribution is 5.95. The van der Waals surface area contributed by atoms with E-state index in [4.69, 9.17) is 4.74 Å². The van der Waals surface area contributed by atoms with Gasteiger partial charge in [-0.25, -0.2) is 0 Å². The number of methoxy groups -OCH3 is 1. The summed E-state index contributed by atoms with van der Waals surface area (Å²) in [5.41, 5.74) is 0.748. The van der Waals surface area contributed by atoms with E-state index < -0.39 is 4.92 Å². The van der Waals surface area contributed by atoms with Crippen LogP contribution in [0.5, 0.6) is 0 Å². The molecule has 1 aromatic rings. The third-order valence-electron chi connectivity index (χ3n) is 3.76. The van der Waals surface area contributed by atoms with Crippen molar-refractivity contribution in [3.05, 3.63) is 33.9 Å². The Morgan fingerprint density at radius 2 is 2.19 bits per heavy atom. The van der Waals surface area contributed by atoms with E-state index in [0.717, 1.165) is 19.3 Å². The SMILES string of the molecule is CNC(=O)c1ccc([N+](=O)[O-])c(NC2CCC(OC)C2)c1. The Kier molecular flexibility index (Phi) is 4.74. The zero-order chi connectivity index (χ0) is 15.4. The van der Waals surface area contributed by atoms with Crippen LogP contribution in [0.3, 0.4) is 0 Å². The first-order valence-electron chi connectivity index (χ1n) is 6.85. The lowest BCUT2D eigenvalue weighted by molar-refractivity contribution is -0.384. The molecule has 21 heavy (non-hydrogen) atoms. The van der Waals surface area contributed by atoms with Gasteiger partial charge in [-0.05, 0) is 31.4 Å². The maximum absolute atomic E-state index is 11.7. The second kappa shape index (κ2) is 6.53. The molecule has 0 saturated heterocycles. The first kappa shape index (κ1) is 15.2. The number of hydrogen-bond donors (Lipinski definition) is 2. The van der Waals surface area contributed by atoms with Gasteiger partial charge < -0.3 is 15.4 Å². The summed E-state index contributed by atoms with van der Waals surface area (Å²) in [6, 6.07) is 4.45. The molecule has 0 aliphatic heterocycles. The van der Waals surface area contributed by atoms with E-state index in [0.29, 0.717) is 11.3 Å². The molecule has 1 amide bonds. The van der Waals surface area contributed by atoms with E-state index in [1.165, 1.54) is 25.2 Å². The Labute approximate surface area is 122 Å². The Morgan fingerprint density at radius 3 is 2.76 bits per heavy atom. The zero-order valence-electron chi connectivity index (χ0n) is 12.1. The molecule has 2 rings (SSSR count). The molecule has 1 fully saturated rings. The molecule has 1 aliphatic carbocycles. The Balaban J connectivity index is 2.22. The van der Waals surface area contributed by atoms with E-state index >= 15 is 0 Å². The second-order valence-corrected chi connectivity index (χ2v) is 5.08. The van der Waals surface area contributed by atoms with E-state index in [1.54, 1.807) is 7.11 Å². The highest BCUT2D eigenvalue weighted by Gasteiger charge is 2.26. The molecule has 7 nitrogen and oxygen atoms in total. The number of ether oxygens (including phenoxy) is 1. The number of carbonyl (C=O) groups is 1. The minimum Gasteiger partial charge on any atom is -0.381 e. The van der Waals surface area contributed by atoms with Crippen molar-refractivity contribution in [3.8, 4) is 0 Å². The van der Waals surface area contributed by atoms with Crippen LogP contribution < -0.4 is 10.6 Å². The topological polar surface area (TPSA) is 93.5 Å². The Hall–Kier alpha value is -2.15. The summed E-state index contributed by atoms with van der Waals surface area (Å²) in [6.07, 6.45) is 2.80. The van der Waals surface area contributed by atoms with Crippen molar-refractivity contribution in [2.45, 2.75) is 31.4 Å². The van der Waals surface area contributed by atoms with Gasteiger partial charge in [0, 0.05) is 31.8 Å². The zero-order valence-corrected chi connectivity index (χ0v) is 12.1. The predicted octanol–water partition coefficient (Wildman–Crippen LogP) is 1.93. The molecule has 2 unspecified atom stereocenters. The number of anilines is 1. The third-order valence-corrected chi connectivity index (χ3v) is 3.76. The van der Waals surface area contributed by atoms with Gasteiger partial charge in [-0.2, -0.15) is 0 Å².